The molecule has 0 aliphatic carbocycles. The summed E-state index contributed by atoms with van der Waals surface area (Å²) in [5.74, 6) is -0.205. The smallest absolute Gasteiger partial charge is 0.339 e. The molecule has 0 aliphatic rings. The first-order valence-corrected chi connectivity index (χ1v) is 9.28. The van der Waals surface area contributed by atoms with Gasteiger partial charge in [0.1, 0.15) is 10.6 Å². The van der Waals surface area contributed by atoms with Crippen molar-refractivity contribution in [2.75, 3.05) is 0 Å². The van der Waals surface area contributed by atoms with Crippen molar-refractivity contribution >= 4 is 22.2 Å². The predicted octanol–water partition coefficient (Wildman–Crippen LogP) is 2.61. The zero-order valence-electron chi connectivity index (χ0n) is 14.0. The Balaban J connectivity index is 1.61. The Hall–Kier alpha value is -3.52. The second-order valence-corrected chi connectivity index (χ2v) is 6.91. The monoisotopic (exact) mass is 381 g/mol. The van der Waals surface area contributed by atoms with E-state index in [0.29, 0.717) is 11.1 Å². The summed E-state index contributed by atoms with van der Waals surface area (Å²) in [6.45, 7) is 0. The van der Waals surface area contributed by atoms with Gasteiger partial charge in [0.15, 0.2) is 0 Å². The molecule has 27 heavy (non-hydrogen) atoms. The van der Waals surface area contributed by atoms with E-state index < -0.39 is 10.1 Å². The van der Waals surface area contributed by atoms with Gasteiger partial charge in [-0.2, -0.15) is 13.5 Å². The van der Waals surface area contributed by atoms with Crippen LogP contribution in [0.5, 0.6) is 5.75 Å². The van der Waals surface area contributed by atoms with Gasteiger partial charge in [-0.05, 0) is 54.1 Å². The summed E-state index contributed by atoms with van der Waals surface area (Å²) in [7, 11) is -3.88. The van der Waals surface area contributed by atoms with Crippen molar-refractivity contribution in [2.45, 2.75) is 4.90 Å². The Morgan fingerprint density at radius 1 is 1.00 bits per heavy atom. The third kappa shape index (κ3) is 4.99. The van der Waals surface area contributed by atoms with Crippen molar-refractivity contribution in [2.24, 2.45) is 5.10 Å². The van der Waals surface area contributed by atoms with E-state index in [1.807, 2.05) is 0 Å². The van der Waals surface area contributed by atoms with Gasteiger partial charge in [0.05, 0.1) is 11.8 Å². The predicted molar refractivity (Wildman–Crippen MR) is 100.0 cm³/mol. The fourth-order valence-corrected chi connectivity index (χ4v) is 3.05. The molecule has 0 unspecified atom stereocenters. The van der Waals surface area contributed by atoms with Crippen molar-refractivity contribution < 1.29 is 17.4 Å². The first-order valence-electron chi connectivity index (χ1n) is 7.88. The molecule has 0 saturated carbocycles. The molecule has 1 aromatic heterocycles. The molecule has 2 aromatic carbocycles. The number of hydrogen-bond donors (Lipinski definition) is 1. The number of hydrazone groups is 1. The molecule has 3 aromatic rings. The van der Waals surface area contributed by atoms with Crippen LogP contribution in [0.3, 0.4) is 0 Å². The van der Waals surface area contributed by atoms with Gasteiger partial charge in [-0.1, -0.05) is 18.2 Å². The van der Waals surface area contributed by atoms with E-state index >= 15 is 0 Å². The van der Waals surface area contributed by atoms with Gasteiger partial charge in [0.2, 0.25) is 0 Å². The minimum atomic E-state index is -3.88. The average molecular weight is 381 g/mol. The number of pyridine rings is 1. The third-order valence-electron chi connectivity index (χ3n) is 3.42. The first-order chi connectivity index (χ1) is 13.0. The summed E-state index contributed by atoms with van der Waals surface area (Å²) >= 11 is 0. The highest BCUT2D eigenvalue weighted by atomic mass is 32.2. The van der Waals surface area contributed by atoms with Gasteiger partial charge in [-0.25, -0.2) is 5.43 Å². The lowest BCUT2D eigenvalue weighted by atomic mass is 10.2. The summed E-state index contributed by atoms with van der Waals surface area (Å²) < 4.78 is 29.4. The van der Waals surface area contributed by atoms with Crippen molar-refractivity contribution in [3.05, 3.63) is 90.3 Å². The Morgan fingerprint density at radius 2 is 1.74 bits per heavy atom. The van der Waals surface area contributed by atoms with Gasteiger partial charge in [-0.3, -0.25) is 9.78 Å². The lowest BCUT2D eigenvalue weighted by molar-refractivity contribution is 0.0954. The van der Waals surface area contributed by atoms with E-state index in [2.05, 4.69) is 15.5 Å². The quantitative estimate of drug-likeness (QED) is 0.402. The Morgan fingerprint density at radius 3 is 2.41 bits per heavy atom. The van der Waals surface area contributed by atoms with Gasteiger partial charge in [0, 0.05) is 12.4 Å². The molecule has 0 radical (unpaired) electrons. The van der Waals surface area contributed by atoms with Gasteiger partial charge >= 0.3 is 10.1 Å². The molecule has 136 valence electrons. The highest BCUT2D eigenvalue weighted by molar-refractivity contribution is 7.87. The zero-order valence-corrected chi connectivity index (χ0v) is 14.8. The van der Waals surface area contributed by atoms with E-state index in [9.17, 15) is 13.2 Å². The molecule has 0 bridgehead atoms. The molecule has 0 aliphatic heterocycles. The maximum absolute atomic E-state index is 12.2. The number of nitrogens with zero attached hydrogens (tertiary/aromatic N) is 2. The number of carbonyl (C=O) groups is 1. The number of nitrogens with one attached hydrogen (secondary N) is 1. The van der Waals surface area contributed by atoms with Crippen LogP contribution in [0.25, 0.3) is 0 Å². The minimum absolute atomic E-state index is 0.0775. The molecule has 0 atom stereocenters. The highest BCUT2D eigenvalue weighted by Gasteiger charge is 2.15. The van der Waals surface area contributed by atoms with Crippen LogP contribution in [0.15, 0.2) is 89.1 Å². The highest BCUT2D eigenvalue weighted by Crippen LogP contribution is 2.18. The molecule has 0 spiro atoms. The largest absolute Gasteiger partial charge is 0.379 e. The Kier molecular flexibility index (Phi) is 5.58. The van der Waals surface area contributed by atoms with Crippen molar-refractivity contribution in [3.63, 3.8) is 0 Å². The molecule has 8 heteroatoms. The SMILES string of the molecule is O=C(N/N=C\c1ccc(OS(=O)(=O)c2ccccc2)cc1)c1cccnc1. The molecule has 7 nitrogen and oxygen atoms in total. The van der Waals surface area contributed by atoms with Crippen LogP contribution in [0.2, 0.25) is 0 Å². The number of rotatable bonds is 6. The van der Waals surface area contributed by atoms with Gasteiger partial charge in [0.25, 0.3) is 5.91 Å². The second-order valence-electron chi connectivity index (χ2n) is 5.36. The third-order valence-corrected chi connectivity index (χ3v) is 4.68. The van der Waals surface area contributed by atoms with E-state index in [0.717, 1.165) is 0 Å². The molecule has 3 rings (SSSR count). The molecule has 0 saturated heterocycles. The minimum Gasteiger partial charge on any atom is -0.379 e. The van der Waals surface area contributed by atoms with Gasteiger partial charge in [-0.15, -0.1) is 0 Å². The number of aromatic nitrogens is 1. The maximum Gasteiger partial charge on any atom is 0.339 e. The fraction of sp³-hybridized carbons (Fsp3) is 0. The van der Waals surface area contributed by atoms with E-state index in [-0.39, 0.29) is 16.6 Å². The fourth-order valence-electron chi connectivity index (χ4n) is 2.10. The van der Waals surface area contributed by atoms with E-state index in [4.69, 9.17) is 4.18 Å². The van der Waals surface area contributed by atoms with Gasteiger partial charge < -0.3 is 4.18 Å². The van der Waals surface area contributed by atoms with Crippen LogP contribution in [0.4, 0.5) is 0 Å². The summed E-state index contributed by atoms with van der Waals surface area (Å²) in [6, 6.07) is 17.4. The van der Waals surface area contributed by atoms with Crippen LogP contribution < -0.4 is 9.61 Å². The average Bonchev–Trinajstić information content (AvgIpc) is 2.70. The molecular weight excluding hydrogens is 366 g/mol. The second kappa shape index (κ2) is 8.24. The molecule has 1 amide bonds. The number of amides is 1. The Labute approximate surface area is 156 Å². The van der Waals surface area contributed by atoms with Crippen LogP contribution >= 0.6 is 0 Å². The normalized spacial score (nSPS) is 11.3. The zero-order chi connectivity index (χ0) is 19.1. The number of benzene rings is 2. The van der Waals surface area contributed by atoms with Crippen LogP contribution in [-0.2, 0) is 10.1 Å². The summed E-state index contributed by atoms with van der Waals surface area (Å²) in [5.41, 5.74) is 3.44. The number of hydrogen-bond acceptors (Lipinski definition) is 6. The maximum atomic E-state index is 12.2. The molecule has 1 N–H and O–H groups in total. The lowest BCUT2D eigenvalue weighted by Crippen LogP contribution is -2.17. The molecule has 0 fully saturated rings. The van der Waals surface area contributed by atoms with E-state index in [1.54, 1.807) is 48.7 Å². The summed E-state index contributed by atoms with van der Waals surface area (Å²) in [6.07, 6.45) is 4.44. The standard InChI is InChI=1S/C19H15N3O4S/c23-19(16-5-4-12-20-14-16)22-21-13-15-8-10-17(11-9-15)26-27(24,25)18-6-2-1-3-7-18/h1-14H,(H,22,23)/b21-13-. The topological polar surface area (TPSA) is 97.7 Å². The van der Waals surface area contributed by atoms with Crippen molar-refractivity contribution in [3.8, 4) is 5.75 Å². The van der Waals surface area contributed by atoms with Crippen LogP contribution in [0.1, 0.15) is 15.9 Å². The van der Waals surface area contributed by atoms with Crippen LogP contribution in [-0.4, -0.2) is 25.5 Å². The Bertz CT molecular complexity index is 1040. The number of carbonyl (C=O) groups excluding carboxylic acids is 1. The molecular formula is C19H15N3O4S. The van der Waals surface area contributed by atoms with Crippen molar-refractivity contribution in [1.29, 1.82) is 0 Å². The van der Waals surface area contributed by atoms with Crippen molar-refractivity contribution in [1.82, 2.24) is 10.4 Å². The summed E-state index contributed by atoms with van der Waals surface area (Å²) in [4.78, 5) is 15.8. The first kappa shape index (κ1) is 18.3. The lowest BCUT2D eigenvalue weighted by Gasteiger charge is -2.06. The van der Waals surface area contributed by atoms with E-state index in [1.165, 1.54) is 36.7 Å². The van der Waals surface area contributed by atoms with Crippen LogP contribution in [0, 0.1) is 0 Å². The summed E-state index contributed by atoms with van der Waals surface area (Å²) in [5, 5.41) is 3.86. The molecule has 1 heterocycles.